The molecule has 320 valence electrons. The quantitative estimate of drug-likeness (QED) is 0.0685. The van der Waals surface area contributed by atoms with Gasteiger partial charge in [0.1, 0.15) is 42.4 Å². The number of hydrogen-bond donors (Lipinski definition) is 6. The molecule has 0 aliphatic carbocycles. The summed E-state index contributed by atoms with van der Waals surface area (Å²) in [6, 6.07) is 0. The molecule has 0 bridgehead atoms. The van der Waals surface area contributed by atoms with Crippen molar-refractivity contribution in [3.05, 3.63) is 65.2 Å². The van der Waals surface area contributed by atoms with Crippen LogP contribution in [0.1, 0.15) is 74.9 Å². The van der Waals surface area contributed by atoms with Gasteiger partial charge < -0.3 is 33.8 Å². The van der Waals surface area contributed by atoms with Crippen molar-refractivity contribution in [1.82, 2.24) is 19.1 Å². The van der Waals surface area contributed by atoms with Crippen molar-refractivity contribution in [3.8, 4) is 24.2 Å². The first kappa shape index (κ1) is 45.8. The fourth-order valence-corrected chi connectivity index (χ4v) is 8.43. The van der Waals surface area contributed by atoms with Gasteiger partial charge in [-0.15, -0.1) is 12.3 Å². The summed E-state index contributed by atoms with van der Waals surface area (Å²) in [6.07, 6.45) is 1.45. The van der Waals surface area contributed by atoms with Gasteiger partial charge in [-0.1, -0.05) is 11.8 Å². The highest BCUT2D eigenvalue weighted by molar-refractivity contribution is 7.47. The van der Waals surface area contributed by atoms with Gasteiger partial charge in [0, 0.05) is 50.2 Å². The lowest BCUT2D eigenvalue weighted by Gasteiger charge is -2.24. The molecule has 3 aliphatic heterocycles. The molecule has 0 saturated carbocycles. The highest BCUT2D eigenvalue weighted by atomic mass is 31.2. The van der Waals surface area contributed by atoms with Gasteiger partial charge in [0.2, 0.25) is 0 Å². The monoisotopic (exact) mass is 880 g/mol. The Kier molecular flexibility index (Phi) is 15.7. The van der Waals surface area contributed by atoms with Crippen LogP contribution in [0, 0.1) is 31.1 Å². The molecule has 0 radical (unpaired) electrons. The number of nitrogens with one attached hydrogen (secondary N) is 2. The summed E-state index contributed by atoms with van der Waals surface area (Å²) in [4.78, 5) is 94.1. The van der Waals surface area contributed by atoms with E-state index < -0.39 is 109 Å². The Bertz CT molecular complexity index is 2260. The van der Waals surface area contributed by atoms with Crippen molar-refractivity contribution in [3.63, 3.8) is 0 Å². The SMILES string of the molecule is C#CCCCCC#Cc1cn([C@H]2C[C@@H](OP(=O)(O)OC[C@H]3O[C@@H](n4cc(C)c(=O)[nH]c4=O)C[C@H]3OP(=O)(O)OC[C@@H]3CCCO3)[C@@H](COP(=O)(O)O)O2)c(=O)[nH]c1=O. The predicted octanol–water partition coefficient (Wildman–Crippen LogP) is 0.808. The van der Waals surface area contributed by atoms with Crippen LogP contribution >= 0.6 is 23.5 Å². The second kappa shape index (κ2) is 19.8. The molecule has 2 unspecified atom stereocenters. The predicted molar refractivity (Wildman–Crippen MR) is 197 cm³/mol. The molecule has 3 saturated heterocycles. The largest absolute Gasteiger partial charge is 0.472 e. The molecule has 0 amide bonds. The Labute approximate surface area is 329 Å². The van der Waals surface area contributed by atoms with Gasteiger partial charge in [0.25, 0.3) is 11.1 Å². The molecule has 2 aromatic heterocycles. The second-order valence-electron chi connectivity index (χ2n) is 13.4. The van der Waals surface area contributed by atoms with Gasteiger partial charge in [-0.25, -0.2) is 23.3 Å². The third-order valence-electron chi connectivity index (χ3n) is 8.98. The van der Waals surface area contributed by atoms with E-state index in [2.05, 4.69) is 32.3 Å². The van der Waals surface area contributed by atoms with Crippen LogP contribution < -0.4 is 22.5 Å². The van der Waals surface area contributed by atoms with Crippen LogP contribution in [0.3, 0.4) is 0 Å². The first-order valence-electron chi connectivity index (χ1n) is 17.9. The van der Waals surface area contributed by atoms with E-state index in [1.165, 1.54) is 13.1 Å². The first-order chi connectivity index (χ1) is 27.3. The number of phosphoric acid groups is 3. The van der Waals surface area contributed by atoms with Gasteiger partial charge in [-0.3, -0.25) is 51.3 Å². The van der Waals surface area contributed by atoms with Crippen LogP contribution in [0.2, 0.25) is 0 Å². The summed E-state index contributed by atoms with van der Waals surface area (Å²) in [7, 11) is -15.2. The van der Waals surface area contributed by atoms with Crippen molar-refractivity contribution in [2.75, 3.05) is 26.4 Å². The molecule has 58 heavy (non-hydrogen) atoms. The number of unbranched alkanes of at least 4 members (excludes halogenated alkanes) is 3. The summed E-state index contributed by atoms with van der Waals surface area (Å²) < 4.78 is 82.4. The minimum atomic E-state index is -5.23. The minimum absolute atomic E-state index is 0.121. The van der Waals surface area contributed by atoms with E-state index in [-0.39, 0.29) is 24.2 Å². The number of aryl methyl sites for hydroxylation is 1. The third-order valence-corrected chi connectivity index (χ3v) is 11.5. The van der Waals surface area contributed by atoms with Gasteiger partial charge in [0.15, 0.2) is 0 Å². The Hall–Kier alpha value is -3.31. The van der Waals surface area contributed by atoms with Crippen molar-refractivity contribution >= 4 is 23.5 Å². The summed E-state index contributed by atoms with van der Waals surface area (Å²) in [6.45, 7) is -0.194. The first-order valence-corrected chi connectivity index (χ1v) is 22.4. The van der Waals surface area contributed by atoms with Crippen LogP contribution in [0.25, 0.3) is 0 Å². The lowest BCUT2D eigenvalue weighted by Crippen LogP contribution is -2.33. The molecule has 3 fully saturated rings. The normalized spacial score (nSPS) is 26.7. The van der Waals surface area contributed by atoms with E-state index in [1.807, 2.05) is 0 Å². The maximum atomic E-state index is 13.4. The molecule has 5 rings (SSSR count). The molecular formula is C32H43N4O19P3. The Morgan fingerprint density at radius 1 is 0.810 bits per heavy atom. The van der Waals surface area contributed by atoms with Crippen molar-refractivity contribution in [2.24, 2.45) is 0 Å². The maximum Gasteiger partial charge on any atom is 0.472 e. The third kappa shape index (κ3) is 13.1. The van der Waals surface area contributed by atoms with Crippen molar-refractivity contribution < 1.29 is 70.1 Å². The van der Waals surface area contributed by atoms with Gasteiger partial charge in [-0.2, -0.15) is 0 Å². The molecule has 0 aromatic carbocycles. The summed E-state index contributed by atoms with van der Waals surface area (Å²) in [5.41, 5.74) is -3.34. The molecule has 9 atom stereocenters. The molecule has 2 aromatic rings. The van der Waals surface area contributed by atoms with E-state index in [9.17, 15) is 52.4 Å². The van der Waals surface area contributed by atoms with Crippen LogP contribution in [0.4, 0.5) is 0 Å². The number of terminal acetylenes is 1. The maximum absolute atomic E-state index is 13.4. The number of ether oxygens (including phenoxy) is 3. The summed E-state index contributed by atoms with van der Waals surface area (Å²) >= 11 is 0. The molecular weight excluding hydrogens is 837 g/mol. The minimum Gasteiger partial charge on any atom is -0.376 e. The number of aromatic amines is 2. The number of rotatable bonds is 18. The van der Waals surface area contributed by atoms with Gasteiger partial charge >= 0.3 is 34.8 Å². The lowest BCUT2D eigenvalue weighted by molar-refractivity contribution is -0.0576. The van der Waals surface area contributed by atoms with E-state index >= 15 is 0 Å². The zero-order valence-corrected chi connectivity index (χ0v) is 33.6. The number of hydrogen-bond acceptors (Lipinski definition) is 15. The number of nitrogens with zero attached hydrogens (tertiary/aromatic N) is 2. The smallest absolute Gasteiger partial charge is 0.376 e. The molecule has 26 heteroatoms. The standard InChI is InChI=1S/C32H43N4O19P3/c1-3-4-5-6-7-8-10-21-16-36(32(40)34-30(21)38)28-14-23(25(52-28)18-49-56(41,42)43)55-58(46,47)51-19-26-24(54-57(44,45)50-17-22-11-9-12-48-22)13-27(53-26)35-15-20(2)29(37)33-31(35)39/h1,15-16,22-28H,4-7,9,11-14,17-19H2,2H3,(H,44,45)(H,46,47)(H,33,37,39)(H,34,38,40)(H2,41,42,43)/t22-,23+,24+,25+,26+,27+,28+/m0/s1. The molecule has 23 nitrogen and oxygen atoms in total. The Morgan fingerprint density at radius 2 is 1.36 bits per heavy atom. The highest BCUT2D eigenvalue weighted by Gasteiger charge is 2.46. The number of phosphoric ester groups is 3. The zero-order chi connectivity index (χ0) is 42.3. The Morgan fingerprint density at radius 3 is 1.93 bits per heavy atom. The van der Waals surface area contributed by atoms with E-state index in [0.717, 1.165) is 21.8 Å². The number of H-pyrrole nitrogens is 2. The Balaban J connectivity index is 1.32. The van der Waals surface area contributed by atoms with Crippen LogP contribution in [-0.2, 0) is 50.5 Å². The second-order valence-corrected chi connectivity index (χ2v) is 17.4. The van der Waals surface area contributed by atoms with Crippen molar-refractivity contribution in [1.29, 1.82) is 0 Å². The highest BCUT2D eigenvalue weighted by Crippen LogP contribution is 2.52. The van der Waals surface area contributed by atoms with Crippen LogP contribution in [0.5, 0.6) is 0 Å². The van der Waals surface area contributed by atoms with E-state index in [1.54, 1.807) is 0 Å². The van der Waals surface area contributed by atoms with E-state index in [0.29, 0.717) is 38.7 Å². The zero-order valence-electron chi connectivity index (χ0n) is 30.9. The lowest BCUT2D eigenvalue weighted by atomic mass is 10.2. The van der Waals surface area contributed by atoms with Crippen LogP contribution in [0.15, 0.2) is 31.6 Å². The average Bonchev–Trinajstić information content (AvgIpc) is 3.90. The summed E-state index contributed by atoms with van der Waals surface area (Å²) in [5.74, 6) is 7.98. The summed E-state index contributed by atoms with van der Waals surface area (Å²) in [5, 5.41) is 0. The molecule has 3 aliphatic rings. The molecule has 0 spiro atoms. The molecule has 6 N–H and O–H groups in total. The van der Waals surface area contributed by atoms with E-state index in [4.69, 9.17) is 38.7 Å². The average molecular weight is 881 g/mol. The van der Waals surface area contributed by atoms with Crippen molar-refractivity contribution in [2.45, 2.75) is 101 Å². The van der Waals surface area contributed by atoms with Crippen LogP contribution in [-0.4, -0.2) is 95.6 Å². The van der Waals surface area contributed by atoms with Gasteiger partial charge in [0.05, 0.1) is 25.9 Å². The molecule has 5 heterocycles. The fourth-order valence-electron chi connectivity index (χ4n) is 6.15. The number of aromatic nitrogens is 4. The fraction of sp³-hybridized carbons (Fsp3) is 0.625. The van der Waals surface area contributed by atoms with Gasteiger partial charge in [-0.05, 0) is 32.6 Å². The topological polar surface area (TPSA) is 316 Å².